The molecule has 4 nitrogen and oxygen atoms in total. The lowest BCUT2D eigenvalue weighted by Crippen LogP contribution is -2.24. The van der Waals surface area contributed by atoms with Gasteiger partial charge >= 0.3 is 0 Å². The van der Waals surface area contributed by atoms with Crippen molar-refractivity contribution in [3.8, 4) is 0 Å². The summed E-state index contributed by atoms with van der Waals surface area (Å²) < 4.78 is 1.74. The van der Waals surface area contributed by atoms with Crippen LogP contribution in [0.3, 0.4) is 0 Å². The fourth-order valence-electron chi connectivity index (χ4n) is 2.36. The van der Waals surface area contributed by atoms with Gasteiger partial charge in [-0.1, -0.05) is 24.6 Å². The summed E-state index contributed by atoms with van der Waals surface area (Å²) >= 11 is 6.32. The number of nitrogens with zero attached hydrogens (tertiary/aromatic N) is 4. The third-order valence-electron chi connectivity index (χ3n) is 3.32. The number of rotatable bonds is 6. The summed E-state index contributed by atoms with van der Waals surface area (Å²) in [6.07, 6.45) is 4.83. The summed E-state index contributed by atoms with van der Waals surface area (Å²) in [6.45, 7) is 6.93. The lowest BCUT2D eigenvalue weighted by molar-refractivity contribution is 0.256. The summed E-state index contributed by atoms with van der Waals surface area (Å²) in [5, 5.41) is 5.11. The number of hydrogen-bond acceptors (Lipinski definition) is 3. The van der Waals surface area contributed by atoms with E-state index in [9.17, 15) is 0 Å². The number of halogens is 1. The quantitative estimate of drug-likeness (QED) is 0.820. The highest BCUT2D eigenvalue weighted by molar-refractivity contribution is 6.30. The molecular formula is C15H21ClN4. The Morgan fingerprint density at radius 1 is 1.35 bits per heavy atom. The maximum Gasteiger partial charge on any atom is 0.131 e. The van der Waals surface area contributed by atoms with E-state index in [2.05, 4.69) is 28.0 Å². The first-order chi connectivity index (χ1) is 9.61. The average Bonchev–Trinajstić information content (AvgIpc) is 2.67. The molecule has 0 bridgehead atoms. The van der Waals surface area contributed by atoms with Gasteiger partial charge in [0.05, 0.1) is 5.69 Å². The van der Waals surface area contributed by atoms with Crippen LogP contribution in [0.15, 0.2) is 24.5 Å². The predicted octanol–water partition coefficient (Wildman–Crippen LogP) is 3.19. The van der Waals surface area contributed by atoms with Crippen LogP contribution in [0.4, 0.5) is 0 Å². The van der Waals surface area contributed by atoms with Crippen LogP contribution in [0.1, 0.15) is 30.2 Å². The van der Waals surface area contributed by atoms with Crippen molar-refractivity contribution in [3.05, 3.63) is 46.5 Å². The van der Waals surface area contributed by atoms with Gasteiger partial charge in [0.1, 0.15) is 5.15 Å². The van der Waals surface area contributed by atoms with E-state index in [1.54, 1.807) is 10.9 Å². The third kappa shape index (κ3) is 3.58. The minimum absolute atomic E-state index is 0.731. The Kier molecular flexibility index (Phi) is 5.15. The van der Waals surface area contributed by atoms with Gasteiger partial charge in [-0.25, -0.2) is 0 Å². The highest BCUT2D eigenvalue weighted by Gasteiger charge is 2.15. The Hall–Kier alpha value is -1.39. The molecule has 0 aliphatic rings. The van der Waals surface area contributed by atoms with Crippen LogP contribution in [-0.4, -0.2) is 26.2 Å². The number of hydrogen-bond donors (Lipinski definition) is 0. The van der Waals surface area contributed by atoms with Crippen molar-refractivity contribution >= 4 is 11.6 Å². The molecule has 0 aliphatic heterocycles. The monoisotopic (exact) mass is 292 g/mol. The molecule has 0 fully saturated rings. The molecule has 2 aromatic rings. The first-order valence-corrected chi connectivity index (χ1v) is 7.28. The first-order valence-electron chi connectivity index (χ1n) is 6.91. The normalized spacial score (nSPS) is 11.2. The minimum atomic E-state index is 0.731. The Bertz CT molecular complexity index is 551. The zero-order valence-corrected chi connectivity index (χ0v) is 13.1. The highest BCUT2D eigenvalue weighted by atomic mass is 35.5. The Morgan fingerprint density at radius 2 is 2.15 bits per heavy atom. The van der Waals surface area contributed by atoms with Crippen molar-refractivity contribution in [1.82, 2.24) is 19.7 Å². The first kappa shape index (κ1) is 15.0. The molecule has 0 saturated carbocycles. The number of aryl methyl sites for hydroxylation is 2. The van der Waals surface area contributed by atoms with Gasteiger partial charge in [0.25, 0.3) is 0 Å². The summed E-state index contributed by atoms with van der Waals surface area (Å²) in [5.41, 5.74) is 3.34. The summed E-state index contributed by atoms with van der Waals surface area (Å²) in [4.78, 5) is 6.56. The molecule has 0 saturated heterocycles. The average molecular weight is 293 g/mol. The van der Waals surface area contributed by atoms with Crippen molar-refractivity contribution < 1.29 is 0 Å². The fraction of sp³-hybridized carbons (Fsp3) is 0.467. The summed E-state index contributed by atoms with van der Waals surface area (Å²) in [6, 6.07) is 4.08. The van der Waals surface area contributed by atoms with Gasteiger partial charge in [0.2, 0.25) is 0 Å². The molecule has 0 N–H and O–H groups in total. The molecule has 0 unspecified atom stereocenters. The van der Waals surface area contributed by atoms with Crippen molar-refractivity contribution in [2.45, 2.75) is 33.4 Å². The second-order valence-corrected chi connectivity index (χ2v) is 5.41. The van der Waals surface area contributed by atoms with Crippen LogP contribution in [0, 0.1) is 6.92 Å². The Labute approximate surface area is 125 Å². The third-order valence-corrected chi connectivity index (χ3v) is 3.79. The summed E-state index contributed by atoms with van der Waals surface area (Å²) in [7, 11) is 1.88. The topological polar surface area (TPSA) is 34.0 Å². The molecule has 20 heavy (non-hydrogen) atoms. The van der Waals surface area contributed by atoms with E-state index in [-0.39, 0.29) is 0 Å². The SMILES string of the molecule is CCCN(Cc1cccnc1)Cc1c(C)nn(C)c1Cl. The van der Waals surface area contributed by atoms with Gasteiger partial charge in [0, 0.05) is 38.1 Å². The van der Waals surface area contributed by atoms with E-state index in [1.807, 2.05) is 26.2 Å². The standard InChI is InChI=1S/C15H21ClN4/c1-4-8-20(10-13-6-5-7-17-9-13)11-14-12(2)18-19(3)15(14)16/h5-7,9H,4,8,10-11H2,1-3H3. The molecule has 108 valence electrons. The lowest BCUT2D eigenvalue weighted by atomic mass is 10.2. The molecular weight excluding hydrogens is 272 g/mol. The molecule has 0 radical (unpaired) electrons. The van der Waals surface area contributed by atoms with Gasteiger partial charge < -0.3 is 0 Å². The number of pyridine rings is 1. The van der Waals surface area contributed by atoms with Crippen molar-refractivity contribution in [2.75, 3.05) is 6.54 Å². The molecule has 5 heteroatoms. The highest BCUT2D eigenvalue weighted by Crippen LogP contribution is 2.21. The molecule has 0 aliphatic carbocycles. The van der Waals surface area contributed by atoms with Crippen LogP contribution in [0.25, 0.3) is 0 Å². The molecule has 0 aromatic carbocycles. The van der Waals surface area contributed by atoms with Crippen molar-refractivity contribution in [3.63, 3.8) is 0 Å². The van der Waals surface area contributed by atoms with Gasteiger partial charge in [-0.15, -0.1) is 0 Å². The van der Waals surface area contributed by atoms with Crippen LogP contribution in [0.2, 0.25) is 5.15 Å². The van der Waals surface area contributed by atoms with Gasteiger partial charge in [-0.2, -0.15) is 5.10 Å². The molecule has 2 aromatic heterocycles. The largest absolute Gasteiger partial charge is 0.295 e. The van der Waals surface area contributed by atoms with Crippen LogP contribution >= 0.6 is 11.6 Å². The maximum absolute atomic E-state index is 6.32. The van der Waals surface area contributed by atoms with Crippen molar-refractivity contribution in [2.24, 2.45) is 7.05 Å². The van der Waals surface area contributed by atoms with Crippen LogP contribution in [0.5, 0.6) is 0 Å². The van der Waals surface area contributed by atoms with E-state index in [4.69, 9.17) is 11.6 Å². The second-order valence-electron chi connectivity index (χ2n) is 5.05. The Balaban J connectivity index is 2.13. The van der Waals surface area contributed by atoms with E-state index in [0.717, 1.165) is 42.5 Å². The minimum Gasteiger partial charge on any atom is -0.295 e. The molecule has 0 atom stereocenters. The van der Waals surface area contributed by atoms with E-state index < -0.39 is 0 Å². The molecule has 0 amide bonds. The lowest BCUT2D eigenvalue weighted by Gasteiger charge is -2.21. The van der Waals surface area contributed by atoms with E-state index >= 15 is 0 Å². The van der Waals surface area contributed by atoms with Crippen LogP contribution in [-0.2, 0) is 20.1 Å². The van der Waals surface area contributed by atoms with E-state index in [0.29, 0.717) is 0 Å². The summed E-state index contributed by atoms with van der Waals surface area (Å²) in [5.74, 6) is 0. The fourth-order valence-corrected chi connectivity index (χ4v) is 2.59. The molecule has 2 rings (SSSR count). The predicted molar refractivity (Wildman–Crippen MR) is 81.6 cm³/mol. The smallest absolute Gasteiger partial charge is 0.131 e. The van der Waals surface area contributed by atoms with Crippen LogP contribution < -0.4 is 0 Å². The van der Waals surface area contributed by atoms with Gasteiger partial charge in [-0.05, 0) is 31.5 Å². The number of aromatic nitrogens is 3. The Morgan fingerprint density at radius 3 is 2.70 bits per heavy atom. The van der Waals surface area contributed by atoms with Gasteiger partial charge in [-0.3, -0.25) is 14.6 Å². The molecule has 2 heterocycles. The van der Waals surface area contributed by atoms with E-state index in [1.165, 1.54) is 5.56 Å². The maximum atomic E-state index is 6.32. The zero-order chi connectivity index (χ0) is 14.5. The molecule has 0 spiro atoms. The zero-order valence-electron chi connectivity index (χ0n) is 12.3. The van der Waals surface area contributed by atoms with Crippen molar-refractivity contribution in [1.29, 1.82) is 0 Å². The second kappa shape index (κ2) is 6.86. The van der Waals surface area contributed by atoms with Gasteiger partial charge in [0.15, 0.2) is 0 Å².